The maximum absolute atomic E-state index is 11.1. The van der Waals surface area contributed by atoms with Crippen molar-refractivity contribution < 1.29 is 4.79 Å². The summed E-state index contributed by atoms with van der Waals surface area (Å²) >= 11 is 0. The van der Waals surface area contributed by atoms with Crippen LogP contribution in [0.15, 0.2) is 0 Å². The third-order valence-corrected chi connectivity index (χ3v) is 2.84. The summed E-state index contributed by atoms with van der Waals surface area (Å²) in [6.45, 7) is 0. The Bertz CT molecular complexity index is 165. The van der Waals surface area contributed by atoms with Crippen LogP contribution >= 0.6 is 0 Å². The third-order valence-electron chi connectivity index (χ3n) is 2.84. The number of fused-ring (bicyclic) bond motifs is 2. The van der Waals surface area contributed by atoms with E-state index in [4.69, 9.17) is 5.84 Å². The molecule has 0 aromatic carbocycles. The Morgan fingerprint density at radius 3 is 2.36 bits per heavy atom. The minimum atomic E-state index is 0.356. The molecule has 0 aliphatic carbocycles. The Hall–Kier alpha value is -0.410. The molecule has 0 amide bonds. The predicted octanol–water partition coefficient (Wildman–Crippen LogP) is 0.446. The van der Waals surface area contributed by atoms with E-state index in [-0.39, 0.29) is 0 Å². The molecule has 3 nitrogen and oxygen atoms in total. The van der Waals surface area contributed by atoms with Gasteiger partial charge in [0.1, 0.15) is 5.78 Å². The van der Waals surface area contributed by atoms with E-state index >= 15 is 0 Å². The van der Waals surface area contributed by atoms with Gasteiger partial charge in [0.2, 0.25) is 0 Å². The Morgan fingerprint density at radius 1 is 1.27 bits per heavy atom. The summed E-state index contributed by atoms with van der Waals surface area (Å²) in [6, 6.07) is 0.713. The molecule has 0 saturated carbocycles. The van der Waals surface area contributed by atoms with Crippen LogP contribution in [0.3, 0.4) is 0 Å². The van der Waals surface area contributed by atoms with E-state index in [1.54, 1.807) is 0 Å². The molecule has 2 bridgehead atoms. The second-order valence-corrected chi connectivity index (χ2v) is 3.63. The number of nitrogens with zero attached hydrogens (tertiary/aromatic N) is 1. The minimum absolute atomic E-state index is 0.356. The van der Waals surface area contributed by atoms with E-state index in [9.17, 15) is 4.79 Å². The lowest BCUT2D eigenvalue weighted by molar-refractivity contribution is -0.127. The summed E-state index contributed by atoms with van der Waals surface area (Å²) in [5, 5.41) is 1.91. The van der Waals surface area contributed by atoms with Crippen molar-refractivity contribution >= 4 is 5.78 Å². The predicted molar refractivity (Wildman–Crippen MR) is 41.7 cm³/mol. The molecule has 2 heterocycles. The SMILES string of the molecule is NN1C2CCCC1CC(=O)C2. The van der Waals surface area contributed by atoms with Crippen molar-refractivity contribution in [2.45, 2.75) is 44.2 Å². The van der Waals surface area contributed by atoms with E-state index in [0.717, 1.165) is 12.8 Å². The molecule has 2 aliphatic rings. The first-order valence-corrected chi connectivity index (χ1v) is 4.32. The van der Waals surface area contributed by atoms with Gasteiger partial charge in [0.25, 0.3) is 0 Å². The average Bonchev–Trinajstić information content (AvgIpc) is 1.92. The summed E-state index contributed by atoms with van der Waals surface area (Å²) in [5.74, 6) is 6.23. The normalized spacial score (nSPS) is 39.2. The maximum atomic E-state index is 11.1. The second-order valence-electron chi connectivity index (χ2n) is 3.63. The van der Waals surface area contributed by atoms with Crippen molar-refractivity contribution in [2.24, 2.45) is 5.84 Å². The van der Waals surface area contributed by atoms with Gasteiger partial charge >= 0.3 is 0 Å². The van der Waals surface area contributed by atoms with Gasteiger partial charge < -0.3 is 0 Å². The number of Topliss-reactive ketones (excluding diaryl/α,β-unsaturated/α-hetero) is 1. The zero-order chi connectivity index (χ0) is 7.84. The van der Waals surface area contributed by atoms with Crippen molar-refractivity contribution in [3.05, 3.63) is 0 Å². The first kappa shape index (κ1) is 7.25. The van der Waals surface area contributed by atoms with Gasteiger partial charge in [-0.15, -0.1) is 0 Å². The maximum Gasteiger partial charge on any atom is 0.136 e. The number of hydrogen-bond donors (Lipinski definition) is 1. The van der Waals surface area contributed by atoms with E-state index < -0.39 is 0 Å². The molecule has 3 heteroatoms. The van der Waals surface area contributed by atoms with Crippen molar-refractivity contribution in [2.75, 3.05) is 0 Å². The zero-order valence-electron chi connectivity index (χ0n) is 6.62. The lowest BCUT2D eigenvalue weighted by Gasteiger charge is -2.42. The molecule has 2 fully saturated rings. The largest absolute Gasteiger partial charge is 0.300 e. The molecule has 2 saturated heterocycles. The van der Waals surface area contributed by atoms with Crippen LogP contribution in [0.25, 0.3) is 0 Å². The minimum Gasteiger partial charge on any atom is -0.300 e. The van der Waals surface area contributed by atoms with Crippen LogP contribution in [0, 0.1) is 0 Å². The number of carbonyl (C=O) groups is 1. The van der Waals surface area contributed by atoms with Gasteiger partial charge in [-0.3, -0.25) is 10.6 Å². The van der Waals surface area contributed by atoms with Crippen molar-refractivity contribution in [3.63, 3.8) is 0 Å². The molecule has 2 rings (SSSR count). The highest BCUT2D eigenvalue weighted by Gasteiger charge is 2.35. The first-order valence-electron chi connectivity index (χ1n) is 4.32. The van der Waals surface area contributed by atoms with Crippen LogP contribution < -0.4 is 5.84 Å². The highest BCUT2D eigenvalue weighted by atomic mass is 16.1. The Morgan fingerprint density at radius 2 is 1.82 bits per heavy atom. The summed E-state index contributed by atoms with van der Waals surface area (Å²) in [5.41, 5.74) is 0. The number of hydrazine groups is 1. The van der Waals surface area contributed by atoms with Gasteiger partial charge in [0, 0.05) is 24.9 Å². The van der Waals surface area contributed by atoms with Gasteiger partial charge in [-0.1, -0.05) is 6.42 Å². The highest BCUT2D eigenvalue weighted by Crippen LogP contribution is 2.29. The number of piperidine rings is 2. The van der Waals surface area contributed by atoms with Crippen LogP contribution in [0.4, 0.5) is 0 Å². The zero-order valence-corrected chi connectivity index (χ0v) is 6.62. The molecule has 2 aliphatic heterocycles. The standard InChI is InChI=1S/C8H14N2O/c9-10-6-2-1-3-7(10)5-8(11)4-6/h6-7H,1-5,9H2. The molecule has 62 valence electrons. The van der Waals surface area contributed by atoms with Crippen LogP contribution in [0.1, 0.15) is 32.1 Å². The van der Waals surface area contributed by atoms with Gasteiger partial charge in [-0.2, -0.15) is 0 Å². The topological polar surface area (TPSA) is 46.3 Å². The molecule has 2 atom stereocenters. The van der Waals surface area contributed by atoms with Gasteiger partial charge in [0.15, 0.2) is 0 Å². The molecule has 0 aromatic heterocycles. The Balaban J connectivity index is 2.12. The van der Waals surface area contributed by atoms with Crippen LogP contribution in [0.2, 0.25) is 0 Å². The summed E-state index contributed by atoms with van der Waals surface area (Å²) < 4.78 is 0. The fourth-order valence-electron chi connectivity index (χ4n) is 2.21. The lowest BCUT2D eigenvalue weighted by atomic mass is 9.85. The van der Waals surface area contributed by atoms with Gasteiger partial charge in [-0.25, -0.2) is 5.01 Å². The van der Waals surface area contributed by atoms with E-state index in [1.165, 1.54) is 6.42 Å². The summed E-state index contributed by atoms with van der Waals surface area (Å²) in [6.07, 6.45) is 4.84. The number of hydrogen-bond acceptors (Lipinski definition) is 3. The summed E-state index contributed by atoms with van der Waals surface area (Å²) in [7, 11) is 0. The number of ketones is 1. The van der Waals surface area contributed by atoms with E-state index in [1.807, 2.05) is 5.01 Å². The van der Waals surface area contributed by atoms with Crippen LogP contribution in [0.5, 0.6) is 0 Å². The average molecular weight is 154 g/mol. The number of rotatable bonds is 0. The van der Waals surface area contributed by atoms with E-state index in [0.29, 0.717) is 30.7 Å². The van der Waals surface area contributed by atoms with Gasteiger partial charge in [0.05, 0.1) is 0 Å². The number of carbonyl (C=O) groups excluding carboxylic acids is 1. The Kier molecular flexibility index (Phi) is 1.69. The van der Waals surface area contributed by atoms with Gasteiger partial charge in [-0.05, 0) is 12.8 Å². The van der Waals surface area contributed by atoms with Crippen molar-refractivity contribution in [1.29, 1.82) is 0 Å². The summed E-state index contributed by atoms with van der Waals surface area (Å²) in [4.78, 5) is 11.1. The van der Waals surface area contributed by atoms with Crippen molar-refractivity contribution in [1.82, 2.24) is 5.01 Å². The Labute approximate surface area is 66.5 Å². The fraction of sp³-hybridized carbons (Fsp3) is 0.875. The molecule has 0 aromatic rings. The third kappa shape index (κ3) is 1.19. The van der Waals surface area contributed by atoms with E-state index in [2.05, 4.69) is 0 Å². The fourth-order valence-corrected chi connectivity index (χ4v) is 2.21. The monoisotopic (exact) mass is 154 g/mol. The molecular formula is C8H14N2O. The molecule has 2 unspecified atom stereocenters. The van der Waals surface area contributed by atoms with Crippen LogP contribution in [-0.2, 0) is 4.79 Å². The molecule has 0 spiro atoms. The number of nitrogens with two attached hydrogens (primary N) is 1. The van der Waals surface area contributed by atoms with Crippen molar-refractivity contribution in [3.8, 4) is 0 Å². The molecule has 2 N–H and O–H groups in total. The van der Waals surface area contributed by atoms with Crippen LogP contribution in [-0.4, -0.2) is 22.9 Å². The smallest absolute Gasteiger partial charge is 0.136 e. The second kappa shape index (κ2) is 2.57. The molecule has 0 radical (unpaired) electrons. The molecular weight excluding hydrogens is 140 g/mol. The quantitative estimate of drug-likeness (QED) is 0.515. The highest BCUT2D eigenvalue weighted by molar-refractivity contribution is 5.80. The lowest BCUT2D eigenvalue weighted by Crippen LogP contribution is -2.55. The first-order chi connectivity index (χ1) is 5.27. The molecule has 11 heavy (non-hydrogen) atoms.